The van der Waals surface area contributed by atoms with Crippen LogP contribution >= 0.6 is 0 Å². The van der Waals surface area contributed by atoms with E-state index in [9.17, 15) is 5.11 Å². The average molecular weight is 234 g/mol. The number of phenols is 1. The molecule has 0 aliphatic carbocycles. The first-order chi connectivity index (χ1) is 8.09. The van der Waals surface area contributed by atoms with Crippen LogP contribution in [0.4, 0.5) is 0 Å². The van der Waals surface area contributed by atoms with Crippen molar-refractivity contribution in [1.29, 1.82) is 0 Å². The molecule has 1 fully saturated rings. The van der Waals surface area contributed by atoms with Crippen molar-refractivity contribution in [3.8, 4) is 5.75 Å². The van der Waals surface area contributed by atoms with Crippen LogP contribution in [0.15, 0.2) is 12.1 Å². The van der Waals surface area contributed by atoms with E-state index in [4.69, 9.17) is 5.73 Å². The Hall–Kier alpha value is -1.06. The first-order valence-corrected chi connectivity index (χ1v) is 6.36. The van der Waals surface area contributed by atoms with Crippen LogP contribution in [-0.2, 0) is 0 Å². The summed E-state index contributed by atoms with van der Waals surface area (Å²) < 4.78 is 0. The largest absolute Gasteiger partial charge is 0.508 e. The Labute approximate surface area is 103 Å². The van der Waals surface area contributed by atoms with Gasteiger partial charge in [-0.25, -0.2) is 0 Å². The monoisotopic (exact) mass is 234 g/mol. The standard InChI is InChI=1S/C14H22N2O/c1-9-7-12(17)8-10(2)13(9)14(15)11-3-5-16-6-4-11/h7-8,11,14,16-17H,3-6,15H2,1-2H3/t14-/m1/s1. The van der Waals surface area contributed by atoms with Crippen LogP contribution in [-0.4, -0.2) is 18.2 Å². The average Bonchev–Trinajstić information content (AvgIpc) is 2.28. The highest BCUT2D eigenvalue weighted by atomic mass is 16.3. The molecule has 1 aromatic carbocycles. The second kappa shape index (κ2) is 5.07. The molecule has 0 aromatic heterocycles. The van der Waals surface area contributed by atoms with Gasteiger partial charge in [-0.1, -0.05) is 0 Å². The Kier molecular flexibility index (Phi) is 3.69. The second-order valence-corrected chi connectivity index (χ2v) is 5.11. The van der Waals surface area contributed by atoms with Gasteiger partial charge in [0.05, 0.1) is 0 Å². The lowest BCUT2D eigenvalue weighted by Crippen LogP contribution is -2.34. The Balaban J connectivity index is 2.26. The summed E-state index contributed by atoms with van der Waals surface area (Å²) in [6, 6.07) is 3.71. The molecular weight excluding hydrogens is 212 g/mol. The summed E-state index contributed by atoms with van der Waals surface area (Å²) in [7, 11) is 0. The van der Waals surface area contributed by atoms with Gasteiger partial charge in [-0.15, -0.1) is 0 Å². The molecule has 17 heavy (non-hydrogen) atoms. The summed E-state index contributed by atoms with van der Waals surface area (Å²) in [4.78, 5) is 0. The maximum Gasteiger partial charge on any atom is 0.116 e. The summed E-state index contributed by atoms with van der Waals surface area (Å²) in [5.41, 5.74) is 9.84. The van der Waals surface area contributed by atoms with E-state index >= 15 is 0 Å². The summed E-state index contributed by atoms with van der Waals surface area (Å²) in [5, 5.41) is 12.9. The van der Waals surface area contributed by atoms with Crippen molar-refractivity contribution in [3.63, 3.8) is 0 Å². The van der Waals surface area contributed by atoms with E-state index < -0.39 is 0 Å². The fourth-order valence-corrected chi connectivity index (χ4v) is 2.92. The first kappa shape index (κ1) is 12.4. The van der Waals surface area contributed by atoms with E-state index in [2.05, 4.69) is 5.32 Å². The number of phenolic OH excluding ortho intramolecular Hbond substituents is 1. The van der Waals surface area contributed by atoms with Gasteiger partial charge in [-0.3, -0.25) is 0 Å². The molecule has 1 aromatic rings. The molecule has 3 heteroatoms. The Morgan fingerprint density at radius 3 is 2.29 bits per heavy atom. The van der Waals surface area contributed by atoms with E-state index in [1.807, 2.05) is 26.0 Å². The van der Waals surface area contributed by atoms with Gasteiger partial charge >= 0.3 is 0 Å². The minimum atomic E-state index is 0.0951. The molecule has 4 N–H and O–H groups in total. The van der Waals surface area contributed by atoms with Gasteiger partial charge in [0, 0.05) is 6.04 Å². The minimum Gasteiger partial charge on any atom is -0.508 e. The van der Waals surface area contributed by atoms with Gasteiger partial charge in [-0.05, 0) is 74.5 Å². The van der Waals surface area contributed by atoms with E-state index in [0.717, 1.165) is 37.1 Å². The van der Waals surface area contributed by atoms with E-state index in [0.29, 0.717) is 11.7 Å². The molecule has 0 saturated carbocycles. The van der Waals surface area contributed by atoms with Gasteiger partial charge in [0.1, 0.15) is 5.75 Å². The molecule has 1 heterocycles. The maximum absolute atomic E-state index is 9.56. The van der Waals surface area contributed by atoms with Crippen LogP contribution in [0, 0.1) is 19.8 Å². The Bertz CT molecular complexity index is 374. The van der Waals surface area contributed by atoms with Gasteiger partial charge in [-0.2, -0.15) is 0 Å². The second-order valence-electron chi connectivity index (χ2n) is 5.11. The molecule has 1 atom stereocenters. The Morgan fingerprint density at radius 1 is 1.24 bits per heavy atom. The summed E-state index contributed by atoms with van der Waals surface area (Å²) in [5.74, 6) is 0.888. The van der Waals surface area contributed by atoms with Crippen molar-refractivity contribution < 1.29 is 5.11 Å². The van der Waals surface area contributed by atoms with Crippen LogP contribution in [0.1, 0.15) is 35.6 Å². The first-order valence-electron chi connectivity index (χ1n) is 6.36. The summed E-state index contributed by atoms with van der Waals surface area (Å²) >= 11 is 0. The number of aromatic hydroxyl groups is 1. The molecule has 0 bridgehead atoms. The molecule has 94 valence electrons. The zero-order valence-electron chi connectivity index (χ0n) is 10.7. The number of aryl methyl sites for hydroxylation is 2. The fraction of sp³-hybridized carbons (Fsp3) is 0.571. The fourth-order valence-electron chi connectivity index (χ4n) is 2.92. The third kappa shape index (κ3) is 2.61. The molecule has 0 radical (unpaired) electrons. The topological polar surface area (TPSA) is 58.3 Å². The van der Waals surface area contributed by atoms with Crippen molar-refractivity contribution in [3.05, 3.63) is 28.8 Å². The summed E-state index contributed by atoms with van der Waals surface area (Å²) in [6.07, 6.45) is 2.28. The normalized spacial score (nSPS) is 19.2. The van der Waals surface area contributed by atoms with Crippen LogP contribution < -0.4 is 11.1 Å². The lowest BCUT2D eigenvalue weighted by atomic mass is 9.83. The molecule has 1 saturated heterocycles. The molecule has 0 unspecified atom stereocenters. The maximum atomic E-state index is 9.56. The molecular formula is C14H22N2O. The minimum absolute atomic E-state index is 0.0951. The van der Waals surface area contributed by atoms with Crippen LogP contribution in [0.3, 0.4) is 0 Å². The molecule has 0 spiro atoms. The van der Waals surface area contributed by atoms with Crippen LogP contribution in [0.5, 0.6) is 5.75 Å². The van der Waals surface area contributed by atoms with Crippen molar-refractivity contribution in [1.82, 2.24) is 5.32 Å². The molecule has 2 rings (SSSR count). The predicted molar refractivity (Wildman–Crippen MR) is 70.1 cm³/mol. The smallest absolute Gasteiger partial charge is 0.116 e. The quantitative estimate of drug-likeness (QED) is 0.733. The van der Waals surface area contributed by atoms with Crippen LogP contribution in [0.2, 0.25) is 0 Å². The van der Waals surface area contributed by atoms with Gasteiger partial charge < -0.3 is 16.2 Å². The SMILES string of the molecule is Cc1cc(O)cc(C)c1[C@H](N)C1CCNCC1. The van der Waals surface area contributed by atoms with Crippen molar-refractivity contribution in [2.75, 3.05) is 13.1 Å². The highest BCUT2D eigenvalue weighted by Gasteiger charge is 2.24. The third-order valence-corrected chi connectivity index (χ3v) is 3.80. The number of piperidine rings is 1. The molecule has 3 nitrogen and oxygen atoms in total. The number of hydrogen-bond acceptors (Lipinski definition) is 3. The van der Waals surface area contributed by atoms with Crippen LogP contribution in [0.25, 0.3) is 0 Å². The third-order valence-electron chi connectivity index (χ3n) is 3.80. The predicted octanol–water partition coefficient (Wildman–Crippen LogP) is 2.01. The Morgan fingerprint density at radius 2 is 1.76 bits per heavy atom. The highest BCUT2D eigenvalue weighted by Crippen LogP contribution is 2.32. The lowest BCUT2D eigenvalue weighted by Gasteiger charge is -2.30. The number of nitrogens with two attached hydrogens (primary N) is 1. The zero-order chi connectivity index (χ0) is 12.4. The number of benzene rings is 1. The highest BCUT2D eigenvalue weighted by molar-refractivity contribution is 5.42. The molecule has 1 aliphatic heterocycles. The van der Waals surface area contributed by atoms with E-state index in [1.165, 1.54) is 5.56 Å². The van der Waals surface area contributed by atoms with E-state index in [-0.39, 0.29) is 6.04 Å². The lowest BCUT2D eigenvalue weighted by molar-refractivity contribution is 0.320. The number of rotatable bonds is 2. The number of hydrogen-bond donors (Lipinski definition) is 3. The molecule has 0 amide bonds. The van der Waals surface area contributed by atoms with Gasteiger partial charge in [0.2, 0.25) is 0 Å². The van der Waals surface area contributed by atoms with Gasteiger partial charge in [0.25, 0.3) is 0 Å². The van der Waals surface area contributed by atoms with E-state index in [1.54, 1.807) is 0 Å². The zero-order valence-corrected chi connectivity index (χ0v) is 10.7. The number of nitrogens with one attached hydrogen (secondary N) is 1. The van der Waals surface area contributed by atoms with Crippen molar-refractivity contribution in [2.45, 2.75) is 32.7 Å². The summed E-state index contributed by atoms with van der Waals surface area (Å²) in [6.45, 7) is 6.19. The van der Waals surface area contributed by atoms with Crippen molar-refractivity contribution in [2.24, 2.45) is 11.7 Å². The van der Waals surface area contributed by atoms with Gasteiger partial charge in [0.15, 0.2) is 0 Å². The van der Waals surface area contributed by atoms with Crippen molar-refractivity contribution >= 4 is 0 Å². The molecule has 1 aliphatic rings.